The summed E-state index contributed by atoms with van der Waals surface area (Å²) in [5.74, 6) is -1.28. The molecule has 0 bridgehead atoms. The van der Waals surface area contributed by atoms with E-state index < -0.39 is 51.0 Å². The molecule has 1 aromatic carbocycles. The third kappa shape index (κ3) is 5.87. The molecule has 0 spiro atoms. The smallest absolute Gasteiger partial charge is 0.338 e. The van der Waals surface area contributed by atoms with Crippen LogP contribution in [-0.2, 0) is 18.7 Å². The van der Waals surface area contributed by atoms with Gasteiger partial charge in [0.15, 0.2) is 31.8 Å². The van der Waals surface area contributed by atoms with Gasteiger partial charge in [-0.2, -0.15) is 4.98 Å². The number of nitrogens with one attached hydrogen (secondary N) is 2. The molecule has 40 heavy (non-hydrogen) atoms. The van der Waals surface area contributed by atoms with Gasteiger partial charge in [0.2, 0.25) is 11.9 Å². The highest BCUT2D eigenvalue weighted by molar-refractivity contribution is 6.74. The number of anilines is 1. The zero-order valence-corrected chi connectivity index (χ0v) is 24.8. The molecule has 2 aromatic heterocycles. The Balaban J connectivity index is 1.79. The largest absolute Gasteiger partial charge is 0.453 e. The van der Waals surface area contributed by atoms with E-state index in [1.165, 1.54) is 10.9 Å². The number of esters is 1. The highest BCUT2D eigenvalue weighted by Gasteiger charge is 2.53. The normalized spacial score (nSPS) is 21.6. The average Bonchev–Trinajstić information content (AvgIpc) is 3.45. The van der Waals surface area contributed by atoms with Crippen LogP contribution in [0.25, 0.3) is 11.2 Å². The Kier molecular flexibility index (Phi) is 8.31. The second-order valence-electron chi connectivity index (χ2n) is 11.7. The van der Waals surface area contributed by atoms with Crippen LogP contribution in [0.2, 0.25) is 18.1 Å². The number of fused-ring (bicyclic) bond motifs is 1. The number of carbonyl (C=O) groups excluding carboxylic acids is 2. The molecule has 216 valence electrons. The number of hydrogen-bond donors (Lipinski definition) is 3. The Morgan fingerprint density at radius 2 is 1.88 bits per heavy atom. The SMILES string of the molecule is CC(C)C(=O)Nc1nc2c(ncn2[C@@H]2O[C@H](CO)[C@@H](OC(=O)c3ccccc3)[C@H]2O[Si](C)(C)C(C)(C)C)c(=O)[nH]1. The second-order valence-corrected chi connectivity index (χ2v) is 16.5. The van der Waals surface area contributed by atoms with Crippen LogP contribution in [0, 0.1) is 5.92 Å². The van der Waals surface area contributed by atoms with Crippen LogP contribution in [0.1, 0.15) is 51.2 Å². The fourth-order valence-electron chi connectivity index (χ4n) is 4.06. The number of nitrogens with zero attached hydrogens (tertiary/aromatic N) is 3. The summed E-state index contributed by atoms with van der Waals surface area (Å²) in [4.78, 5) is 49.4. The molecule has 1 aliphatic heterocycles. The number of H-pyrrole nitrogens is 1. The van der Waals surface area contributed by atoms with Crippen LogP contribution in [-0.4, -0.2) is 69.7 Å². The number of aromatic amines is 1. The zero-order valence-electron chi connectivity index (χ0n) is 23.8. The van der Waals surface area contributed by atoms with E-state index in [2.05, 4.69) is 54.1 Å². The number of hydrogen-bond acceptors (Lipinski definition) is 9. The minimum absolute atomic E-state index is 0.0301. The van der Waals surface area contributed by atoms with E-state index in [-0.39, 0.29) is 34.0 Å². The van der Waals surface area contributed by atoms with Gasteiger partial charge in [0.05, 0.1) is 18.5 Å². The molecule has 13 heteroatoms. The molecule has 0 unspecified atom stereocenters. The monoisotopic (exact) mass is 571 g/mol. The van der Waals surface area contributed by atoms with Crippen molar-refractivity contribution in [1.29, 1.82) is 0 Å². The third-order valence-electron chi connectivity index (χ3n) is 7.43. The van der Waals surface area contributed by atoms with Gasteiger partial charge >= 0.3 is 5.97 Å². The standard InChI is InChI=1S/C27H37N5O7Si/c1-15(2)22(34)30-26-29-21-18(23(35)31-26)28-14-32(21)24-20(39-40(6,7)27(3,4)5)19(17(13-33)37-24)38-25(36)16-11-9-8-10-12-16/h8-12,14-15,17,19-20,24,33H,13H2,1-7H3,(H2,29,30,31,34,35)/t17-,19-,20-,24-/m1/s1. The number of aliphatic hydroxyl groups is 1. The number of carbonyl (C=O) groups is 2. The molecule has 1 aliphatic rings. The molecule has 4 rings (SSSR count). The fourth-order valence-corrected chi connectivity index (χ4v) is 5.35. The molecule has 3 N–H and O–H groups in total. The molecule has 0 aliphatic carbocycles. The molecule has 12 nitrogen and oxygen atoms in total. The van der Waals surface area contributed by atoms with Crippen LogP contribution in [0.15, 0.2) is 41.5 Å². The second kappa shape index (κ2) is 11.2. The van der Waals surface area contributed by atoms with Gasteiger partial charge in [-0.05, 0) is 30.3 Å². The Labute approximate surface area is 233 Å². The Bertz CT molecular complexity index is 1430. The number of amides is 1. The van der Waals surface area contributed by atoms with Crippen LogP contribution in [0.4, 0.5) is 5.95 Å². The maximum Gasteiger partial charge on any atom is 0.338 e. The van der Waals surface area contributed by atoms with Gasteiger partial charge in [-0.15, -0.1) is 0 Å². The lowest BCUT2D eigenvalue weighted by molar-refractivity contribution is -0.118. The fraction of sp³-hybridized carbons (Fsp3) is 0.519. The van der Waals surface area contributed by atoms with Crippen LogP contribution >= 0.6 is 0 Å². The molecule has 1 amide bonds. The molecular formula is C27H37N5O7Si. The number of imidazole rings is 1. The van der Waals surface area contributed by atoms with E-state index in [4.69, 9.17) is 13.9 Å². The van der Waals surface area contributed by atoms with Crippen molar-refractivity contribution >= 4 is 37.3 Å². The average molecular weight is 572 g/mol. The molecule has 0 radical (unpaired) electrons. The lowest BCUT2D eigenvalue weighted by Gasteiger charge is -2.40. The summed E-state index contributed by atoms with van der Waals surface area (Å²) in [7, 11) is -2.49. The highest BCUT2D eigenvalue weighted by atomic mass is 28.4. The van der Waals surface area contributed by atoms with Gasteiger partial charge in [-0.25, -0.2) is 9.78 Å². The number of ether oxygens (including phenoxy) is 2. The summed E-state index contributed by atoms with van der Waals surface area (Å²) in [5.41, 5.74) is -0.0279. The van der Waals surface area contributed by atoms with Crippen LogP contribution in [0.5, 0.6) is 0 Å². The number of rotatable bonds is 8. The van der Waals surface area contributed by atoms with E-state index >= 15 is 0 Å². The first-order valence-corrected chi connectivity index (χ1v) is 16.1. The highest BCUT2D eigenvalue weighted by Crippen LogP contribution is 2.43. The predicted octanol–water partition coefficient (Wildman–Crippen LogP) is 3.22. The number of benzene rings is 1. The minimum atomic E-state index is -2.49. The van der Waals surface area contributed by atoms with Gasteiger partial charge in [-0.3, -0.25) is 24.5 Å². The third-order valence-corrected chi connectivity index (χ3v) is 11.9. The van der Waals surface area contributed by atoms with Crippen LogP contribution < -0.4 is 10.9 Å². The topological polar surface area (TPSA) is 158 Å². The Morgan fingerprint density at radius 1 is 1.20 bits per heavy atom. The van der Waals surface area contributed by atoms with Crippen molar-refractivity contribution in [2.45, 2.75) is 77.3 Å². The molecule has 3 aromatic rings. The summed E-state index contributed by atoms with van der Waals surface area (Å²) < 4.78 is 20.5. The quantitative estimate of drug-likeness (QED) is 0.273. The predicted molar refractivity (Wildman–Crippen MR) is 150 cm³/mol. The van der Waals surface area contributed by atoms with Gasteiger partial charge in [0.1, 0.15) is 12.2 Å². The molecular weight excluding hydrogens is 534 g/mol. The summed E-state index contributed by atoms with van der Waals surface area (Å²) in [5, 5.41) is 12.7. The van der Waals surface area contributed by atoms with Crippen molar-refractivity contribution in [3.05, 3.63) is 52.6 Å². The van der Waals surface area contributed by atoms with Crippen molar-refractivity contribution < 1.29 is 28.6 Å². The summed E-state index contributed by atoms with van der Waals surface area (Å²) in [6.07, 6.45) is -2.32. The molecule has 3 heterocycles. The molecule has 0 saturated carbocycles. The van der Waals surface area contributed by atoms with E-state index in [1.54, 1.807) is 44.2 Å². The zero-order chi connectivity index (χ0) is 29.4. The summed E-state index contributed by atoms with van der Waals surface area (Å²) in [6, 6.07) is 8.53. The summed E-state index contributed by atoms with van der Waals surface area (Å²) >= 11 is 0. The lowest BCUT2D eigenvalue weighted by atomic mass is 10.1. The maximum absolute atomic E-state index is 13.1. The van der Waals surface area contributed by atoms with E-state index in [0.717, 1.165) is 0 Å². The van der Waals surface area contributed by atoms with Crippen molar-refractivity contribution in [2.75, 3.05) is 11.9 Å². The number of aromatic nitrogens is 4. The Hall–Kier alpha value is -3.39. The summed E-state index contributed by atoms with van der Waals surface area (Å²) in [6.45, 7) is 13.3. The molecule has 4 atom stereocenters. The first-order chi connectivity index (χ1) is 18.7. The van der Waals surface area contributed by atoms with Gasteiger partial charge < -0.3 is 19.0 Å². The Morgan fingerprint density at radius 3 is 2.48 bits per heavy atom. The van der Waals surface area contributed by atoms with E-state index in [9.17, 15) is 19.5 Å². The minimum Gasteiger partial charge on any atom is -0.453 e. The molecule has 1 saturated heterocycles. The van der Waals surface area contributed by atoms with E-state index in [1.807, 2.05) is 0 Å². The van der Waals surface area contributed by atoms with Crippen molar-refractivity contribution in [1.82, 2.24) is 19.5 Å². The van der Waals surface area contributed by atoms with Gasteiger partial charge in [-0.1, -0.05) is 52.8 Å². The van der Waals surface area contributed by atoms with Crippen LogP contribution in [0.3, 0.4) is 0 Å². The first kappa shape index (κ1) is 29.6. The maximum atomic E-state index is 13.1. The number of aliphatic hydroxyl groups excluding tert-OH is 1. The lowest BCUT2D eigenvalue weighted by Crippen LogP contribution is -2.50. The first-order valence-electron chi connectivity index (χ1n) is 13.2. The van der Waals surface area contributed by atoms with Crippen molar-refractivity contribution in [2.24, 2.45) is 5.92 Å². The van der Waals surface area contributed by atoms with Crippen molar-refractivity contribution in [3.63, 3.8) is 0 Å². The molecule has 1 fully saturated rings. The van der Waals surface area contributed by atoms with Crippen molar-refractivity contribution in [3.8, 4) is 0 Å². The van der Waals surface area contributed by atoms with Gasteiger partial charge in [0, 0.05) is 5.92 Å². The van der Waals surface area contributed by atoms with E-state index in [0.29, 0.717) is 5.56 Å². The van der Waals surface area contributed by atoms with Gasteiger partial charge in [0.25, 0.3) is 5.56 Å².